The molecule has 0 unspecified atom stereocenters. The summed E-state index contributed by atoms with van der Waals surface area (Å²) in [5.74, 6) is -1.97. The molecule has 0 bridgehead atoms. The molecule has 2 aliphatic rings. The van der Waals surface area contributed by atoms with Crippen molar-refractivity contribution in [3.63, 3.8) is 0 Å². The summed E-state index contributed by atoms with van der Waals surface area (Å²) in [4.78, 5) is 47.1. The molecule has 238 valence electrons. The van der Waals surface area contributed by atoms with Gasteiger partial charge in [-0.3, -0.25) is 14.6 Å². The summed E-state index contributed by atoms with van der Waals surface area (Å²) in [5.41, 5.74) is 0.00953. The molecule has 4 heterocycles. The molecule has 2 atom stereocenters. The highest BCUT2D eigenvalue weighted by molar-refractivity contribution is 7.11. The lowest BCUT2D eigenvalue weighted by Gasteiger charge is -2.32. The van der Waals surface area contributed by atoms with Crippen LogP contribution < -0.4 is 5.32 Å². The van der Waals surface area contributed by atoms with Crippen molar-refractivity contribution in [2.75, 3.05) is 20.3 Å². The lowest BCUT2D eigenvalue weighted by atomic mass is 9.90. The number of alkyl carbamates (subject to hydrolysis) is 1. The van der Waals surface area contributed by atoms with Gasteiger partial charge in [-0.1, -0.05) is 17.7 Å². The number of amidine groups is 1. The van der Waals surface area contributed by atoms with Gasteiger partial charge in [-0.25, -0.2) is 18.9 Å². The molecule has 1 aromatic carbocycles. The Bertz CT molecular complexity index is 1670. The van der Waals surface area contributed by atoms with Crippen molar-refractivity contribution in [3.05, 3.63) is 74.8 Å². The molecule has 2 aliphatic heterocycles. The van der Waals surface area contributed by atoms with Crippen molar-refractivity contribution in [3.8, 4) is 0 Å². The van der Waals surface area contributed by atoms with Crippen LogP contribution in [0.25, 0.3) is 5.57 Å². The van der Waals surface area contributed by atoms with Crippen LogP contribution in [0.4, 0.5) is 18.0 Å². The molecule has 5 rings (SSSR count). The van der Waals surface area contributed by atoms with Gasteiger partial charge in [0.2, 0.25) is 0 Å². The standard InChI is InChI=1S/C28H26ClF3N6O6S/c1-43-27(42)35-28(14-44-21(41)4-2-3-20(39)40)12-19-22(18-7-9-38(36-18)26(31)32)23(16-6-5-15(30)11-17(16)29)34-24(37(19)13-28)25-33-8-10-45-25/h5-11,23,26H,2-4,12-14H2,1H3,(H,35,42)(H,39,40)/t23-,28+/m0/s1. The first-order valence-corrected chi connectivity index (χ1v) is 14.8. The minimum absolute atomic E-state index is 0.0127. The Morgan fingerprint density at radius 1 is 1.27 bits per heavy atom. The molecule has 17 heteroatoms. The number of thiazole rings is 1. The van der Waals surface area contributed by atoms with E-state index >= 15 is 0 Å². The summed E-state index contributed by atoms with van der Waals surface area (Å²) in [6, 6.07) is 4.19. The van der Waals surface area contributed by atoms with Crippen molar-refractivity contribution in [1.82, 2.24) is 25.0 Å². The van der Waals surface area contributed by atoms with E-state index in [2.05, 4.69) is 15.4 Å². The fourth-order valence-electron chi connectivity index (χ4n) is 5.22. The van der Waals surface area contributed by atoms with E-state index in [9.17, 15) is 27.6 Å². The number of nitrogens with zero attached hydrogens (tertiary/aromatic N) is 5. The van der Waals surface area contributed by atoms with Crippen molar-refractivity contribution in [2.24, 2.45) is 4.99 Å². The first kappa shape index (κ1) is 32.0. The largest absolute Gasteiger partial charge is 0.481 e. The summed E-state index contributed by atoms with van der Waals surface area (Å²) >= 11 is 7.78. The van der Waals surface area contributed by atoms with E-state index in [4.69, 9.17) is 31.2 Å². The summed E-state index contributed by atoms with van der Waals surface area (Å²) in [6.07, 6.45) is 1.50. The van der Waals surface area contributed by atoms with Crippen LogP contribution in [-0.2, 0) is 19.1 Å². The van der Waals surface area contributed by atoms with Gasteiger partial charge in [0, 0.05) is 58.9 Å². The smallest absolute Gasteiger partial charge is 0.407 e. The van der Waals surface area contributed by atoms with E-state index < -0.39 is 42.0 Å². The number of methoxy groups -OCH3 is 1. The van der Waals surface area contributed by atoms with Gasteiger partial charge < -0.3 is 24.8 Å². The summed E-state index contributed by atoms with van der Waals surface area (Å²) in [6.45, 7) is -3.29. The predicted molar refractivity (Wildman–Crippen MR) is 155 cm³/mol. The SMILES string of the molecule is COC(=O)N[C@]1(COC(=O)CCCC(=O)O)CC2=C(c3ccn(C(F)F)n3)[C@H](c3ccc(F)cc3Cl)N=C(c3nccs3)N2C1. The number of fused-ring (bicyclic) bond motifs is 1. The van der Waals surface area contributed by atoms with E-state index in [0.717, 1.165) is 12.3 Å². The number of hydrogen-bond donors (Lipinski definition) is 2. The van der Waals surface area contributed by atoms with Gasteiger partial charge >= 0.3 is 24.6 Å². The quantitative estimate of drug-likeness (QED) is 0.269. The third-order valence-corrected chi connectivity index (χ3v) is 8.28. The molecule has 0 saturated carbocycles. The molecule has 2 N–H and O–H groups in total. The Labute approximate surface area is 263 Å². The first-order valence-electron chi connectivity index (χ1n) is 13.5. The third-order valence-electron chi connectivity index (χ3n) is 7.18. The van der Waals surface area contributed by atoms with Crippen molar-refractivity contribution in [1.29, 1.82) is 0 Å². The molecular weight excluding hydrogens is 641 g/mol. The van der Waals surface area contributed by atoms with Crippen LogP contribution in [-0.4, -0.2) is 74.4 Å². The summed E-state index contributed by atoms with van der Waals surface area (Å²) in [7, 11) is 1.17. The third kappa shape index (κ3) is 6.96. The number of carboxylic acid groups (broad SMARTS) is 1. The number of aliphatic imine (C=N–C) groups is 1. The number of halogens is 4. The Kier molecular flexibility index (Phi) is 9.43. The molecule has 0 aliphatic carbocycles. The minimum atomic E-state index is -2.93. The molecule has 3 aromatic rings. The first-order chi connectivity index (χ1) is 21.5. The van der Waals surface area contributed by atoms with Crippen LogP contribution in [0.2, 0.25) is 5.02 Å². The second-order valence-electron chi connectivity index (χ2n) is 10.2. The maximum Gasteiger partial charge on any atom is 0.407 e. The Hall–Kier alpha value is -4.44. The number of amides is 1. The van der Waals surface area contributed by atoms with Gasteiger partial charge in [-0.2, -0.15) is 13.9 Å². The van der Waals surface area contributed by atoms with Gasteiger partial charge in [0.05, 0.1) is 19.3 Å². The molecule has 1 saturated heterocycles. The predicted octanol–water partition coefficient (Wildman–Crippen LogP) is 5.04. The zero-order valence-corrected chi connectivity index (χ0v) is 25.2. The Balaban J connectivity index is 1.64. The second kappa shape index (κ2) is 13.3. The van der Waals surface area contributed by atoms with Crippen LogP contribution in [0.3, 0.4) is 0 Å². The monoisotopic (exact) mass is 666 g/mol. The van der Waals surface area contributed by atoms with Crippen molar-refractivity contribution < 1.29 is 42.1 Å². The van der Waals surface area contributed by atoms with Gasteiger partial charge in [0.25, 0.3) is 0 Å². The topological polar surface area (TPSA) is 148 Å². The number of benzene rings is 1. The molecule has 45 heavy (non-hydrogen) atoms. The van der Waals surface area contributed by atoms with E-state index in [-0.39, 0.29) is 49.6 Å². The van der Waals surface area contributed by atoms with Gasteiger partial charge in [0.15, 0.2) is 10.8 Å². The van der Waals surface area contributed by atoms with Gasteiger partial charge in [-0.05, 0) is 24.6 Å². The molecule has 0 radical (unpaired) electrons. The Morgan fingerprint density at radius 2 is 2.07 bits per heavy atom. The fourth-order valence-corrected chi connectivity index (χ4v) is 6.13. The maximum atomic E-state index is 14.1. The Morgan fingerprint density at radius 3 is 2.71 bits per heavy atom. The number of hydrogen-bond acceptors (Lipinski definition) is 10. The van der Waals surface area contributed by atoms with E-state index in [1.807, 2.05) is 0 Å². The van der Waals surface area contributed by atoms with Crippen LogP contribution in [0, 0.1) is 5.82 Å². The molecule has 0 spiro atoms. The second-order valence-corrected chi connectivity index (χ2v) is 11.5. The lowest BCUT2D eigenvalue weighted by Crippen LogP contribution is -2.54. The van der Waals surface area contributed by atoms with Gasteiger partial charge in [-0.15, -0.1) is 11.3 Å². The summed E-state index contributed by atoms with van der Waals surface area (Å²) < 4.78 is 52.2. The number of carbonyl (C=O) groups is 3. The number of carbonyl (C=O) groups excluding carboxylic acids is 2. The maximum absolute atomic E-state index is 14.1. The molecular formula is C28H26ClF3N6O6S. The highest BCUT2D eigenvalue weighted by atomic mass is 35.5. The molecule has 1 fully saturated rings. The molecule has 2 aromatic heterocycles. The van der Waals surface area contributed by atoms with E-state index in [0.29, 0.717) is 32.4 Å². The van der Waals surface area contributed by atoms with E-state index in [1.54, 1.807) is 16.5 Å². The average Bonchev–Trinajstić information content (AvgIpc) is 3.76. The number of rotatable bonds is 11. The number of alkyl halides is 2. The number of ether oxygens (including phenoxy) is 2. The highest BCUT2D eigenvalue weighted by Crippen LogP contribution is 2.48. The van der Waals surface area contributed by atoms with Gasteiger partial charge in [0.1, 0.15) is 24.0 Å². The van der Waals surface area contributed by atoms with Crippen LogP contribution in [0.15, 0.2) is 52.7 Å². The number of aromatic nitrogens is 3. The zero-order valence-electron chi connectivity index (χ0n) is 23.6. The molecule has 1 amide bonds. The number of nitrogens with one attached hydrogen (secondary N) is 1. The van der Waals surface area contributed by atoms with Crippen molar-refractivity contribution in [2.45, 2.75) is 43.8 Å². The van der Waals surface area contributed by atoms with Crippen LogP contribution >= 0.6 is 22.9 Å². The lowest BCUT2D eigenvalue weighted by molar-refractivity contribution is -0.146. The number of carboxylic acids is 1. The highest BCUT2D eigenvalue weighted by Gasteiger charge is 2.50. The normalized spacial score (nSPS) is 19.4. The van der Waals surface area contributed by atoms with Crippen molar-refractivity contribution >= 4 is 52.4 Å². The zero-order chi connectivity index (χ0) is 32.3. The van der Waals surface area contributed by atoms with E-state index in [1.165, 1.54) is 36.6 Å². The number of aliphatic carboxylic acids is 1. The van der Waals surface area contributed by atoms with Crippen LogP contribution in [0.1, 0.15) is 54.5 Å². The minimum Gasteiger partial charge on any atom is -0.481 e. The summed E-state index contributed by atoms with van der Waals surface area (Å²) in [5, 5.41) is 18.0. The average molecular weight is 667 g/mol. The van der Waals surface area contributed by atoms with Crippen LogP contribution in [0.5, 0.6) is 0 Å². The fraction of sp³-hybridized carbons (Fsp3) is 0.357. The number of esters is 1. The molecule has 12 nitrogen and oxygen atoms in total.